The number of nitrogens with one attached hydrogen (secondary N) is 3. The van der Waals surface area contributed by atoms with E-state index in [1.165, 1.54) is 12.0 Å². The van der Waals surface area contributed by atoms with Crippen molar-refractivity contribution in [2.45, 2.75) is 37.8 Å². The molecule has 3 N–H and O–H groups in total. The van der Waals surface area contributed by atoms with E-state index in [4.69, 9.17) is 4.74 Å². The maximum absolute atomic E-state index is 13.1. The lowest BCUT2D eigenvalue weighted by Crippen LogP contribution is -2.49. The fourth-order valence-corrected chi connectivity index (χ4v) is 4.84. The minimum absolute atomic E-state index is 0. The van der Waals surface area contributed by atoms with Crippen LogP contribution in [0.3, 0.4) is 0 Å². The van der Waals surface area contributed by atoms with E-state index in [-0.39, 0.29) is 21.7 Å². The molecule has 1 saturated heterocycles. The van der Waals surface area contributed by atoms with Crippen molar-refractivity contribution in [3.63, 3.8) is 0 Å². The van der Waals surface area contributed by atoms with Gasteiger partial charge in [0.1, 0.15) is 17.8 Å². The first-order valence-electron chi connectivity index (χ1n) is 11.4. The van der Waals surface area contributed by atoms with Crippen molar-refractivity contribution >= 4 is 41.1 Å². The number of amides is 5. The Bertz CT molecular complexity index is 1330. The molecule has 0 radical (unpaired) electrons. The number of methoxy groups -OCH3 is 1. The van der Waals surface area contributed by atoms with Crippen LogP contribution in [-0.2, 0) is 36.8 Å². The van der Waals surface area contributed by atoms with Crippen LogP contribution in [-0.4, -0.2) is 55.0 Å². The van der Waals surface area contributed by atoms with Crippen LogP contribution >= 0.6 is 0 Å². The Morgan fingerprint density at radius 3 is 2.67 bits per heavy atom. The number of hydrogen-bond donors (Lipinski definition) is 3. The normalized spacial score (nSPS) is 21.9. The maximum Gasteiger partial charge on any atom is 0.322 e. The van der Waals surface area contributed by atoms with E-state index in [0.717, 1.165) is 16.7 Å². The molecule has 2 aliphatic heterocycles. The molecule has 1 aliphatic carbocycles. The van der Waals surface area contributed by atoms with E-state index in [2.05, 4.69) is 20.7 Å². The Morgan fingerprint density at radius 1 is 1.17 bits per heavy atom. The molecule has 0 aromatic heterocycles. The number of esters is 1. The van der Waals surface area contributed by atoms with Gasteiger partial charge in [0.25, 0.3) is 11.8 Å². The van der Waals surface area contributed by atoms with Crippen molar-refractivity contribution in [2.75, 3.05) is 23.9 Å². The quantitative estimate of drug-likeness (QED) is 0.420. The van der Waals surface area contributed by atoms with E-state index in [1.807, 2.05) is 19.1 Å². The van der Waals surface area contributed by atoms with Crippen molar-refractivity contribution in [3.8, 4) is 5.75 Å². The van der Waals surface area contributed by atoms with Crippen molar-refractivity contribution in [1.29, 1.82) is 0 Å². The van der Waals surface area contributed by atoms with Crippen LogP contribution in [0.2, 0.25) is 0 Å². The summed E-state index contributed by atoms with van der Waals surface area (Å²) in [7, 11) is 1.23. The first-order valence-corrected chi connectivity index (χ1v) is 11.4. The summed E-state index contributed by atoms with van der Waals surface area (Å²) in [5.74, 6) is -1.55. The number of aryl methyl sites for hydroxylation is 1. The van der Waals surface area contributed by atoms with Crippen molar-refractivity contribution in [3.05, 3.63) is 53.1 Å². The topological polar surface area (TPSA) is 143 Å². The van der Waals surface area contributed by atoms with Crippen molar-refractivity contribution in [2.24, 2.45) is 0 Å². The predicted octanol–water partition coefficient (Wildman–Crippen LogP) is 1.46. The average molecular weight is 497 g/mol. The van der Waals surface area contributed by atoms with Gasteiger partial charge in [0.2, 0.25) is 5.91 Å². The zero-order valence-corrected chi connectivity index (χ0v) is 19.7. The van der Waals surface area contributed by atoms with Crippen LogP contribution in [0.25, 0.3) is 0 Å². The highest BCUT2D eigenvalue weighted by Gasteiger charge is 2.50. The highest BCUT2D eigenvalue weighted by Crippen LogP contribution is 2.36. The number of imide groups is 1. The summed E-state index contributed by atoms with van der Waals surface area (Å²) < 4.78 is 10.4. The first-order chi connectivity index (χ1) is 17.2. The third kappa shape index (κ3) is 4.12. The van der Waals surface area contributed by atoms with Gasteiger partial charge in [-0.05, 0) is 47.9 Å². The van der Waals surface area contributed by atoms with Crippen LogP contribution in [0, 0.1) is 6.92 Å². The molecule has 11 nitrogen and oxygen atoms in total. The SMILES string of the molecule is COC(=O)CC1Oc2ccc(C)cc2N(CC(=O)Nc2ccc3c(c2)CC2(C3)NC(=O)NC2=O)C1=O.[HH].[HH]. The highest BCUT2D eigenvalue weighted by molar-refractivity contribution is 6.08. The molecule has 2 aromatic carbocycles. The number of carbonyl (C=O) groups is 5. The number of nitrogens with zero attached hydrogens (tertiary/aromatic N) is 1. The largest absolute Gasteiger partial charge is 0.478 e. The first kappa shape index (κ1) is 23.3. The summed E-state index contributed by atoms with van der Waals surface area (Å²) in [5, 5.41) is 7.78. The number of rotatable bonds is 5. The van der Waals surface area contributed by atoms with Crippen LogP contribution in [0.15, 0.2) is 36.4 Å². The molecule has 2 aromatic rings. The predicted molar refractivity (Wildman–Crippen MR) is 131 cm³/mol. The lowest BCUT2D eigenvalue weighted by atomic mass is 9.96. The fraction of sp³-hybridized carbons (Fsp3) is 0.320. The number of anilines is 2. The summed E-state index contributed by atoms with van der Waals surface area (Å²) in [6, 6.07) is 10.0. The maximum atomic E-state index is 13.1. The molecule has 36 heavy (non-hydrogen) atoms. The van der Waals surface area contributed by atoms with Crippen molar-refractivity contribution < 1.29 is 36.3 Å². The molecule has 5 rings (SSSR count). The van der Waals surface area contributed by atoms with E-state index in [1.54, 1.807) is 24.3 Å². The molecule has 2 atom stereocenters. The zero-order chi connectivity index (χ0) is 25.6. The highest BCUT2D eigenvalue weighted by atomic mass is 16.5. The van der Waals surface area contributed by atoms with E-state index < -0.39 is 35.5 Å². The number of urea groups is 1. The van der Waals surface area contributed by atoms with Crippen molar-refractivity contribution in [1.82, 2.24) is 10.6 Å². The molecule has 5 amide bonds. The Hall–Kier alpha value is -4.41. The third-order valence-corrected chi connectivity index (χ3v) is 6.59. The molecule has 3 aliphatic rings. The van der Waals surface area contributed by atoms with E-state index >= 15 is 0 Å². The molecule has 1 fully saturated rings. The number of ether oxygens (including phenoxy) is 2. The molecular formula is C25H28N4O7. The lowest BCUT2D eigenvalue weighted by molar-refractivity contribution is -0.145. The van der Waals surface area contributed by atoms with Gasteiger partial charge in [-0.1, -0.05) is 12.1 Å². The third-order valence-electron chi connectivity index (χ3n) is 6.59. The smallest absolute Gasteiger partial charge is 0.322 e. The molecule has 0 saturated carbocycles. The van der Waals surface area contributed by atoms with Gasteiger partial charge in [-0.2, -0.15) is 0 Å². The van der Waals surface area contributed by atoms with Gasteiger partial charge >= 0.3 is 12.0 Å². The second-order valence-electron chi connectivity index (χ2n) is 9.16. The van der Waals surface area contributed by atoms with Gasteiger partial charge in [-0.15, -0.1) is 0 Å². The molecule has 2 unspecified atom stereocenters. The van der Waals surface area contributed by atoms with Gasteiger partial charge in [0.15, 0.2) is 6.10 Å². The molecule has 1 spiro atoms. The Kier molecular flexibility index (Phi) is 5.62. The lowest BCUT2D eigenvalue weighted by Gasteiger charge is -2.33. The van der Waals surface area contributed by atoms with Gasteiger partial charge < -0.3 is 20.1 Å². The van der Waals surface area contributed by atoms with Crippen LogP contribution < -0.4 is 25.6 Å². The summed E-state index contributed by atoms with van der Waals surface area (Å²) in [6.07, 6.45) is -0.705. The Labute approximate surface area is 209 Å². The zero-order valence-electron chi connectivity index (χ0n) is 19.7. The number of fused-ring (bicyclic) bond motifs is 2. The number of carbonyl (C=O) groups excluding carboxylic acids is 5. The second kappa shape index (κ2) is 8.67. The number of benzene rings is 2. The molecular weight excluding hydrogens is 468 g/mol. The van der Waals surface area contributed by atoms with Crippen LogP contribution in [0.4, 0.5) is 16.2 Å². The average Bonchev–Trinajstić information content (AvgIpc) is 3.33. The van der Waals surface area contributed by atoms with E-state index in [9.17, 15) is 24.0 Å². The minimum Gasteiger partial charge on any atom is -0.478 e. The minimum atomic E-state index is -1.11. The van der Waals surface area contributed by atoms with Crippen LogP contribution in [0.1, 0.15) is 26.0 Å². The molecule has 2 heterocycles. The Balaban J connectivity index is 0.00000200. The van der Waals surface area contributed by atoms with Gasteiger partial charge in [-0.3, -0.25) is 29.4 Å². The molecule has 190 valence electrons. The van der Waals surface area contributed by atoms with Gasteiger partial charge in [0, 0.05) is 21.4 Å². The molecule has 0 bridgehead atoms. The summed E-state index contributed by atoms with van der Waals surface area (Å²) >= 11 is 0. The standard InChI is InChI=1S/C25H24N4O7.2H2/c1-13-3-6-18-17(7-13)29(22(32)19(36-18)9-21(31)35-2)12-20(30)26-16-5-4-14-10-25(11-15(14)8-16)23(33)27-24(34)28-25;;/h3-8,19H,9-12H2,1-2H3,(H,26,30)(H2,27,28,33,34);2*1H. The summed E-state index contributed by atoms with van der Waals surface area (Å²) in [4.78, 5) is 63.1. The van der Waals surface area contributed by atoms with Gasteiger partial charge in [0.05, 0.1) is 19.2 Å². The second-order valence-corrected chi connectivity index (χ2v) is 9.16. The fourth-order valence-electron chi connectivity index (χ4n) is 4.84. The number of hydrogen-bond acceptors (Lipinski definition) is 7. The molecule has 11 heteroatoms. The monoisotopic (exact) mass is 496 g/mol. The Morgan fingerprint density at radius 2 is 1.94 bits per heavy atom. The van der Waals surface area contributed by atoms with Crippen LogP contribution in [0.5, 0.6) is 5.75 Å². The van der Waals surface area contributed by atoms with Gasteiger partial charge in [-0.25, -0.2) is 4.79 Å². The van der Waals surface area contributed by atoms with E-state index in [0.29, 0.717) is 30.0 Å². The summed E-state index contributed by atoms with van der Waals surface area (Å²) in [6.45, 7) is 1.56. The summed E-state index contributed by atoms with van der Waals surface area (Å²) in [5.41, 5.74) is 2.55.